The van der Waals surface area contributed by atoms with Crippen LogP contribution in [0.15, 0.2) is 121 Å². The molecule has 1 aliphatic rings. The van der Waals surface area contributed by atoms with Crippen molar-refractivity contribution in [2.75, 3.05) is 10.6 Å². The number of benzene rings is 3. The number of allylic oxidation sites excluding steroid dienone is 5. The minimum Gasteiger partial charge on any atom is -0.399 e. The van der Waals surface area contributed by atoms with Crippen molar-refractivity contribution >= 4 is 23.3 Å². The van der Waals surface area contributed by atoms with Crippen molar-refractivity contribution in [2.45, 2.75) is 6.42 Å². The van der Waals surface area contributed by atoms with Crippen molar-refractivity contribution in [1.82, 2.24) is 0 Å². The van der Waals surface area contributed by atoms with E-state index in [0.29, 0.717) is 0 Å². The largest absolute Gasteiger partial charge is 0.399 e. The fraction of sp³-hybridized carbons (Fsp3) is 0.0385. The quantitative estimate of drug-likeness (QED) is 0.402. The van der Waals surface area contributed by atoms with Crippen molar-refractivity contribution in [3.05, 3.63) is 127 Å². The van der Waals surface area contributed by atoms with Crippen molar-refractivity contribution in [1.29, 1.82) is 5.41 Å². The lowest BCUT2D eigenvalue weighted by Crippen LogP contribution is -2.14. The van der Waals surface area contributed by atoms with Gasteiger partial charge >= 0.3 is 0 Å². The Balaban J connectivity index is 0.000000290. The third-order valence-electron chi connectivity index (χ3n) is 4.35. The third-order valence-corrected chi connectivity index (χ3v) is 4.35. The van der Waals surface area contributed by atoms with Crippen molar-refractivity contribution < 1.29 is 0 Å². The zero-order chi connectivity index (χ0) is 20.3. The van der Waals surface area contributed by atoms with E-state index in [2.05, 4.69) is 59.5 Å². The molecule has 3 N–H and O–H groups in total. The van der Waals surface area contributed by atoms with Crippen LogP contribution in [0.1, 0.15) is 12.0 Å². The van der Waals surface area contributed by atoms with Gasteiger partial charge in [-0.1, -0.05) is 66.8 Å². The molecule has 0 bridgehead atoms. The molecule has 3 nitrogen and oxygen atoms in total. The van der Waals surface area contributed by atoms with Crippen LogP contribution in [0, 0.1) is 5.41 Å². The summed E-state index contributed by atoms with van der Waals surface area (Å²) >= 11 is 0. The first-order valence-corrected chi connectivity index (χ1v) is 9.57. The monoisotopic (exact) mass is 379 g/mol. The minimum atomic E-state index is 0.822. The van der Waals surface area contributed by atoms with Crippen LogP contribution < -0.4 is 10.6 Å². The predicted octanol–water partition coefficient (Wildman–Crippen LogP) is 6.49. The van der Waals surface area contributed by atoms with Crippen LogP contribution >= 0.6 is 0 Å². The topological polar surface area (TPSA) is 53.1 Å². The third kappa shape index (κ3) is 5.81. The number of anilines is 3. The molecular formula is C26H25N3. The highest BCUT2D eigenvalue weighted by Gasteiger charge is 2.12. The van der Waals surface area contributed by atoms with E-state index in [9.17, 15) is 0 Å². The molecule has 4 rings (SSSR count). The van der Waals surface area contributed by atoms with Crippen LogP contribution in [0.4, 0.5) is 17.1 Å². The lowest BCUT2D eigenvalue weighted by atomic mass is 10.1. The second-order valence-corrected chi connectivity index (χ2v) is 6.48. The average molecular weight is 380 g/mol. The Morgan fingerprint density at radius 3 is 1.97 bits per heavy atom. The number of nitrogens with one attached hydrogen (secondary N) is 1. The van der Waals surface area contributed by atoms with Gasteiger partial charge in [0.25, 0.3) is 0 Å². The summed E-state index contributed by atoms with van der Waals surface area (Å²) in [6.45, 7) is 0. The summed E-state index contributed by atoms with van der Waals surface area (Å²) in [5.41, 5.74) is 10.4. The van der Waals surface area contributed by atoms with Crippen molar-refractivity contribution in [3.63, 3.8) is 0 Å². The molecule has 3 aromatic rings. The van der Waals surface area contributed by atoms with Crippen LogP contribution in [0.25, 0.3) is 0 Å². The lowest BCUT2D eigenvalue weighted by Gasteiger charge is -2.26. The normalized spacial score (nSPS) is 12.2. The van der Waals surface area contributed by atoms with Crippen molar-refractivity contribution in [3.8, 4) is 0 Å². The van der Waals surface area contributed by atoms with Crippen LogP contribution in [0.3, 0.4) is 0 Å². The standard InChI is InChI=1S/C20H18N2.C6H7N/c21-16-17-12-14-20(15-13-17)22(19-10-6-3-7-11-19)18-8-4-1-2-5-9-18;7-6-4-2-1-3-5-6/h1,3-16,21H,2H2;1-5H,7H2. The molecule has 0 unspecified atom stereocenters. The first kappa shape index (κ1) is 19.9. The van der Waals surface area contributed by atoms with Gasteiger partial charge in [0.2, 0.25) is 0 Å². The fourth-order valence-corrected chi connectivity index (χ4v) is 2.91. The van der Waals surface area contributed by atoms with Crippen LogP contribution in [0.5, 0.6) is 0 Å². The Morgan fingerprint density at radius 2 is 1.38 bits per heavy atom. The first-order chi connectivity index (χ1) is 14.3. The van der Waals surface area contributed by atoms with Crippen LogP contribution in [-0.2, 0) is 0 Å². The number of hydrogen-bond acceptors (Lipinski definition) is 3. The van der Waals surface area contributed by atoms with E-state index in [-0.39, 0.29) is 0 Å². The molecule has 1 aliphatic carbocycles. The molecule has 0 amide bonds. The summed E-state index contributed by atoms with van der Waals surface area (Å²) in [4.78, 5) is 2.22. The average Bonchev–Trinajstić information content (AvgIpc) is 3.06. The van der Waals surface area contributed by atoms with Gasteiger partial charge in [0.05, 0.1) is 0 Å². The number of nitrogens with two attached hydrogens (primary N) is 1. The maximum atomic E-state index is 7.34. The number of hydrogen-bond donors (Lipinski definition) is 2. The molecule has 0 saturated heterocycles. The minimum absolute atomic E-state index is 0.822. The van der Waals surface area contributed by atoms with Gasteiger partial charge in [-0.05, 0) is 60.5 Å². The molecule has 0 aromatic heterocycles. The summed E-state index contributed by atoms with van der Waals surface area (Å²) in [6.07, 6.45) is 13.0. The Bertz CT molecular complexity index is 985. The van der Waals surface area contributed by atoms with Gasteiger partial charge in [0.1, 0.15) is 0 Å². The second kappa shape index (κ2) is 10.5. The van der Waals surface area contributed by atoms with E-state index in [4.69, 9.17) is 11.1 Å². The van der Waals surface area contributed by atoms with Gasteiger partial charge in [-0.2, -0.15) is 0 Å². The molecule has 0 aliphatic heterocycles. The van der Waals surface area contributed by atoms with Crippen LogP contribution in [-0.4, -0.2) is 6.21 Å². The van der Waals surface area contributed by atoms with E-state index in [0.717, 1.165) is 34.7 Å². The molecule has 0 heterocycles. The predicted molar refractivity (Wildman–Crippen MR) is 125 cm³/mol. The SMILES string of the molecule is N=Cc1ccc(N(C2=CC=CCC=C2)c2ccccc2)cc1.Nc1ccccc1. The molecule has 29 heavy (non-hydrogen) atoms. The molecule has 0 radical (unpaired) electrons. The zero-order valence-corrected chi connectivity index (χ0v) is 16.3. The molecule has 0 fully saturated rings. The highest BCUT2D eigenvalue weighted by atomic mass is 15.1. The van der Waals surface area contributed by atoms with E-state index in [1.807, 2.05) is 60.7 Å². The maximum absolute atomic E-state index is 7.34. The van der Waals surface area contributed by atoms with Crippen molar-refractivity contribution in [2.24, 2.45) is 0 Å². The molecule has 0 spiro atoms. The molecule has 144 valence electrons. The highest BCUT2D eigenvalue weighted by molar-refractivity contribution is 5.79. The van der Waals surface area contributed by atoms with Gasteiger partial charge in [-0.15, -0.1) is 0 Å². The van der Waals surface area contributed by atoms with Gasteiger partial charge < -0.3 is 16.0 Å². The Labute approximate surface area is 172 Å². The number of nitrogens with zero attached hydrogens (tertiary/aromatic N) is 1. The number of nitrogen functional groups attached to an aromatic ring is 1. The summed E-state index contributed by atoms with van der Waals surface area (Å²) in [6, 6.07) is 27.9. The summed E-state index contributed by atoms with van der Waals surface area (Å²) in [5.74, 6) is 0. The smallest absolute Gasteiger partial charge is 0.0462 e. The van der Waals surface area contributed by atoms with Crippen LogP contribution in [0.2, 0.25) is 0 Å². The number of rotatable bonds is 4. The van der Waals surface area contributed by atoms with E-state index >= 15 is 0 Å². The Hall–Kier alpha value is -3.85. The lowest BCUT2D eigenvalue weighted by molar-refractivity contribution is 1.21. The summed E-state index contributed by atoms with van der Waals surface area (Å²) in [5, 5.41) is 7.34. The molecule has 3 aromatic carbocycles. The fourth-order valence-electron chi connectivity index (χ4n) is 2.91. The Kier molecular flexibility index (Phi) is 7.19. The second-order valence-electron chi connectivity index (χ2n) is 6.48. The summed E-state index contributed by atoms with van der Waals surface area (Å²) < 4.78 is 0. The molecule has 0 saturated carbocycles. The van der Waals surface area contributed by atoms with Gasteiger partial charge in [0, 0.05) is 29.0 Å². The maximum Gasteiger partial charge on any atom is 0.0462 e. The van der Waals surface area contributed by atoms with E-state index in [1.54, 1.807) is 0 Å². The van der Waals surface area contributed by atoms with E-state index < -0.39 is 0 Å². The molecule has 3 heteroatoms. The van der Waals surface area contributed by atoms with E-state index in [1.165, 1.54) is 6.21 Å². The highest BCUT2D eigenvalue weighted by Crippen LogP contribution is 2.31. The number of para-hydroxylation sites is 2. The van der Waals surface area contributed by atoms with Gasteiger partial charge in [0.15, 0.2) is 0 Å². The molecule has 0 atom stereocenters. The van der Waals surface area contributed by atoms with Gasteiger partial charge in [-0.25, -0.2) is 0 Å². The zero-order valence-electron chi connectivity index (χ0n) is 16.3. The summed E-state index contributed by atoms with van der Waals surface area (Å²) in [7, 11) is 0. The molecular weight excluding hydrogens is 354 g/mol. The first-order valence-electron chi connectivity index (χ1n) is 9.57. The Morgan fingerprint density at radius 1 is 0.759 bits per heavy atom. The van der Waals surface area contributed by atoms with Gasteiger partial charge in [-0.3, -0.25) is 0 Å².